The topological polar surface area (TPSA) is 99.2 Å². The summed E-state index contributed by atoms with van der Waals surface area (Å²) in [4.78, 5) is 4.50. The molecule has 0 bridgehead atoms. The Kier molecular flexibility index (Phi) is 5.76. The minimum absolute atomic E-state index is 0.192. The largest absolute Gasteiger partial charge is 0.368 e. The second kappa shape index (κ2) is 8.09. The molecule has 2 aliphatic heterocycles. The van der Waals surface area contributed by atoms with Crippen LogP contribution in [-0.4, -0.2) is 66.6 Å². The van der Waals surface area contributed by atoms with Gasteiger partial charge >= 0.3 is 0 Å². The number of fused-ring (bicyclic) bond motifs is 1. The number of anilines is 2. The Hall–Kier alpha value is -2.14. The van der Waals surface area contributed by atoms with Gasteiger partial charge in [0.15, 0.2) is 9.84 Å². The van der Waals surface area contributed by atoms with Crippen molar-refractivity contribution in [2.45, 2.75) is 16.7 Å². The lowest BCUT2D eigenvalue weighted by Gasteiger charge is -2.37. The number of amidine groups is 1. The van der Waals surface area contributed by atoms with Crippen LogP contribution in [0.15, 0.2) is 50.6 Å². The summed E-state index contributed by atoms with van der Waals surface area (Å²) in [6.45, 7) is 4.66. The van der Waals surface area contributed by atoms with E-state index in [1.807, 2.05) is 17.9 Å². The zero-order valence-corrected chi connectivity index (χ0v) is 19.6. The van der Waals surface area contributed by atoms with Gasteiger partial charge in [-0.05, 0) is 42.8 Å². The maximum atomic E-state index is 12.6. The Bertz CT molecular complexity index is 1270. The quantitative estimate of drug-likeness (QED) is 0.714. The standard InChI is InChI=1S/C20H23ClN4O4S2/c1-14-3-5-16-18(11-14)31(28,29)23-20(22-16)13-24-7-9-25(10-8-24)17-6-4-15(21)12-19(17)30(2,26)27/h3-6,11-12H,7-10,13H2,1-2H3,(H,22,23). The number of nitrogens with one attached hydrogen (secondary N) is 1. The van der Waals surface area contributed by atoms with Gasteiger partial charge in [0.05, 0.1) is 22.8 Å². The third kappa shape index (κ3) is 4.72. The second-order valence-electron chi connectivity index (χ2n) is 7.79. The molecule has 1 fully saturated rings. The smallest absolute Gasteiger partial charge is 0.286 e. The van der Waals surface area contributed by atoms with Crippen LogP contribution < -0.4 is 10.2 Å². The van der Waals surface area contributed by atoms with Gasteiger partial charge in [-0.15, -0.1) is 4.40 Å². The van der Waals surface area contributed by atoms with E-state index in [0.717, 1.165) is 5.56 Å². The van der Waals surface area contributed by atoms with Crippen LogP contribution in [0, 0.1) is 6.92 Å². The first-order chi connectivity index (χ1) is 14.5. The first kappa shape index (κ1) is 22.1. The highest BCUT2D eigenvalue weighted by atomic mass is 35.5. The number of aryl methyl sites for hydroxylation is 1. The Morgan fingerprint density at radius 3 is 2.48 bits per heavy atom. The van der Waals surface area contributed by atoms with Crippen LogP contribution in [0.1, 0.15) is 5.56 Å². The first-order valence-electron chi connectivity index (χ1n) is 9.71. The van der Waals surface area contributed by atoms with Crippen LogP contribution in [0.25, 0.3) is 0 Å². The van der Waals surface area contributed by atoms with Gasteiger partial charge in [-0.25, -0.2) is 8.42 Å². The van der Waals surface area contributed by atoms with Gasteiger partial charge in [-0.2, -0.15) is 8.42 Å². The number of hydrogen-bond acceptors (Lipinski definition) is 7. The van der Waals surface area contributed by atoms with Crippen molar-refractivity contribution in [3.8, 4) is 0 Å². The average Bonchev–Trinajstić information content (AvgIpc) is 2.68. The normalized spacial score (nSPS) is 18.8. The minimum atomic E-state index is -3.74. The van der Waals surface area contributed by atoms with Crippen molar-refractivity contribution in [3.05, 3.63) is 47.0 Å². The van der Waals surface area contributed by atoms with Crippen molar-refractivity contribution in [1.82, 2.24) is 4.90 Å². The van der Waals surface area contributed by atoms with E-state index in [-0.39, 0.29) is 9.79 Å². The van der Waals surface area contributed by atoms with Crippen molar-refractivity contribution in [2.24, 2.45) is 4.40 Å². The van der Waals surface area contributed by atoms with Crippen LogP contribution in [0.5, 0.6) is 0 Å². The summed E-state index contributed by atoms with van der Waals surface area (Å²) in [5, 5.41) is 3.50. The predicted molar refractivity (Wildman–Crippen MR) is 123 cm³/mol. The molecule has 166 valence electrons. The fourth-order valence-corrected chi connectivity index (χ4v) is 6.17. The van der Waals surface area contributed by atoms with Crippen LogP contribution in [0.3, 0.4) is 0 Å². The lowest BCUT2D eigenvalue weighted by Crippen LogP contribution is -2.49. The molecule has 11 heteroatoms. The molecule has 2 aromatic carbocycles. The van der Waals surface area contributed by atoms with Gasteiger partial charge in [0, 0.05) is 37.5 Å². The lowest BCUT2D eigenvalue weighted by molar-refractivity contribution is 0.291. The number of nitrogens with zero attached hydrogens (tertiary/aromatic N) is 3. The molecule has 0 saturated carbocycles. The molecule has 0 radical (unpaired) electrons. The molecule has 8 nitrogen and oxygen atoms in total. The highest BCUT2D eigenvalue weighted by Gasteiger charge is 2.28. The van der Waals surface area contributed by atoms with Gasteiger partial charge in [0.1, 0.15) is 10.7 Å². The molecule has 0 spiro atoms. The first-order valence-corrected chi connectivity index (χ1v) is 13.4. The summed E-state index contributed by atoms with van der Waals surface area (Å²) in [5.41, 5.74) is 2.02. The molecule has 0 aliphatic carbocycles. The van der Waals surface area contributed by atoms with Gasteiger partial charge < -0.3 is 10.2 Å². The number of piperazine rings is 1. The Morgan fingerprint density at radius 2 is 1.81 bits per heavy atom. The van der Waals surface area contributed by atoms with Gasteiger partial charge in [-0.1, -0.05) is 17.7 Å². The number of benzene rings is 2. The molecule has 2 heterocycles. The van der Waals surface area contributed by atoms with Gasteiger partial charge in [-0.3, -0.25) is 4.90 Å². The van der Waals surface area contributed by atoms with Gasteiger partial charge in [0.2, 0.25) is 0 Å². The highest BCUT2D eigenvalue weighted by molar-refractivity contribution is 7.91. The molecule has 31 heavy (non-hydrogen) atoms. The van der Waals surface area contributed by atoms with Crippen LogP contribution in [-0.2, 0) is 19.9 Å². The number of rotatable bonds is 4. The molecule has 2 aliphatic rings. The summed E-state index contributed by atoms with van der Waals surface area (Å²) in [6, 6.07) is 10.1. The van der Waals surface area contributed by atoms with Crippen LogP contribution in [0.4, 0.5) is 11.4 Å². The Morgan fingerprint density at radius 1 is 1.10 bits per heavy atom. The summed E-state index contributed by atoms with van der Waals surface area (Å²) in [5.74, 6) is 0.383. The molecule has 0 atom stereocenters. The zero-order chi connectivity index (χ0) is 22.4. The molecule has 4 rings (SSSR count). The van der Waals surface area contributed by atoms with Crippen LogP contribution >= 0.6 is 11.6 Å². The predicted octanol–water partition coefficient (Wildman–Crippen LogP) is 2.39. The van der Waals surface area contributed by atoms with Crippen molar-refractivity contribution in [2.75, 3.05) is 49.2 Å². The number of sulfonamides is 1. The van der Waals surface area contributed by atoms with Crippen LogP contribution in [0.2, 0.25) is 5.02 Å². The van der Waals surface area contributed by atoms with Crippen molar-refractivity contribution in [3.63, 3.8) is 0 Å². The van der Waals surface area contributed by atoms with E-state index in [0.29, 0.717) is 55.0 Å². The average molecular weight is 483 g/mol. The lowest BCUT2D eigenvalue weighted by atomic mass is 10.2. The summed E-state index contributed by atoms with van der Waals surface area (Å²) >= 11 is 6.00. The van der Waals surface area contributed by atoms with E-state index in [1.165, 1.54) is 12.3 Å². The Balaban J connectivity index is 1.47. The Labute approximate surface area is 187 Å². The fourth-order valence-electron chi connectivity index (χ4n) is 3.79. The van der Waals surface area contributed by atoms with Gasteiger partial charge in [0.25, 0.3) is 10.0 Å². The highest BCUT2D eigenvalue weighted by Crippen LogP contribution is 2.30. The molecule has 1 saturated heterocycles. The summed E-state index contributed by atoms with van der Waals surface area (Å²) in [7, 11) is -7.16. The molecule has 2 aromatic rings. The SMILES string of the molecule is Cc1ccc2c(c1)S(=O)(=O)N=C(CN1CCN(c3ccc(Cl)cc3S(C)(=O)=O)CC1)N2. The number of hydrogen-bond donors (Lipinski definition) is 1. The second-order valence-corrected chi connectivity index (χ2v) is 11.8. The summed E-state index contributed by atoms with van der Waals surface area (Å²) in [6.07, 6.45) is 1.17. The summed E-state index contributed by atoms with van der Waals surface area (Å²) < 4.78 is 53.4. The zero-order valence-electron chi connectivity index (χ0n) is 17.2. The third-order valence-electron chi connectivity index (χ3n) is 5.33. The molecule has 1 N–H and O–H groups in total. The van der Waals surface area contributed by atoms with E-state index in [2.05, 4.69) is 14.6 Å². The van der Waals surface area contributed by atoms with E-state index >= 15 is 0 Å². The monoisotopic (exact) mass is 482 g/mol. The van der Waals surface area contributed by atoms with Crippen molar-refractivity contribution in [1.29, 1.82) is 0 Å². The number of sulfone groups is 1. The molecular formula is C20H23ClN4O4S2. The molecule has 0 amide bonds. The van der Waals surface area contributed by atoms with E-state index in [4.69, 9.17) is 11.6 Å². The maximum Gasteiger partial charge on any atom is 0.286 e. The fraction of sp³-hybridized carbons (Fsp3) is 0.350. The van der Waals surface area contributed by atoms with E-state index in [1.54, 1.807) is 24.3 Å². The van der Waals surface area contributed by atoms with E-state index < -0.39 is 19.9 Å². The molecule has 0 unspecified atom stereocenters. The van der Waals surface area contributed by atoms with Crippen molar-refractivity contribution >= 4 is 48.7 Å². The molecule has 0 aromatic heterocycles. The maximum absolute atomic E-state index is 12.6. The number of halogens is 1. The van der Waals surface area contributed by atoms with Crippen molar-refractivity contribution < 1.29 is 16.8 Å². The van der Waals surface area contributed by atoms with E-state index in [9.17, 15) is 16.8 Å². The third-order valence-corrected chi connectivity index (χ3v) is 8.05. The molecular weight excluding hydrogens is 460 g/mol. The minimum Gasteiger partial charge on any atom is -0.368 e.